The monoisotopic (exact) mass is 472 g/mol. The van der Waals surface area contributed by atoms with Gasteiger partial charge in [-0.05, 0) is 48.9 Å². The van der Waals surface area contributed by atoms with Gasteiger partial charge in [0.05, 0.1) is 16.1 Å². The molecular weight excluding hydrogens is 459 g/mol. The number of pyridine rings is 1. The molecule has 0 saturated carbocycles. The number of aromatic nitrogens is 3. The van der Waals surface area contributed by atoms with Gasteiger partial charge < -0.3 is 5.21 Å². The SMILES string of the molecule is Cc1c(-c2cc(-c3ccc(Cl)cc3)c(Cl)cc2Cl)n[nH]c1C(=O)N=c1ccn(O)cc1. The molecule has 0 radical (unpaired) electrons. The lowest BCUT2D eigenvalue weighted by Crippen LogP contribution is -2.09. The van der Waals surface area contributed by atoms with Crippen LogP contribution in [0.3, 0.4) is 0 Å². The Bertz CT molecular complexity index is 1340. The summed E-state index contributed by atoms with van der Waals surface area (Å²) in [7, 11) is 0. The molecule has 31 heavy (non-hydrogen) atoms. The summed E-state index contributed by atoms with van der Waals surface area (Å²) in [5.41, 5.74) is 3.64. The number of amides is 1. The highest BCUT2D eigenvalue weighted by molar-refractivity contribution is 6.38. The number of H-pyrrole nitrogens is 1. The molecule has 0 fully saturated rings. The molecule has 0 unspecified atom stereocenters. The second kappa shape index (κ2) is 8.59. The summed E-state index contributed by atoms with van der Waals surface area (Å²) in [5.74, 6) is -0.491. The summed E-state index contributed by atoms with van der Waals surface area (Å²) >= 11 is 18.9. The Kier molecular flexibility index (Phi) is 5.87. The van der Waals surface area contributed by atoms with Gasteiger partial charge in [0.15, 0.2) is 0 Å². The lowest BCUT2D eigenvalue weighted by Gasteiger charge is -2.10. The van der Waals surface area contributed by atoms with Crippen LogP contribution in [0.1, 0.15) is 16.1 Å². The van der Waals surface area contributed by atoms with E-state index in [1.54, 1.807) is 25.1 Å². The van der Waals surface area contributed by atoms with Crippen LogP contribution in [-0.4, -0.2) is 26.0 Å². The highest BCUT2D eigenvalue weighted by atomic mass is 35.5. The lowest BCUT2D eigenvalue weighted by atomic mass is 9.99. The van der Waals surface area contributed by atoms with Crippen molar-refractivity contribution in [1.82, 2.24) is 14.9 Å². The number of aromatic amines is 1. The molecule has 2 aromatic heterocycles. The Morgan fingerprint density at radius 3 is 2.32 bits per heavy atom. The Hall–Kier alpha value is -3.06. The van der Waals surface area contributed by atoms with Crippen molar-refractivity contribution in [2.24, 2.45) is 4.99 Å². The summed E-state index contributed by atoms with van der Waals surface area (Å²) in [6.07, 6.45) is 2.76. The van der Waals surface area contributed by atoms with Gasteiger partial charge in [-0.2, -0.15) is 5.10 Å². The summed E-state index contributed by atoms with van der Waals surface area (Å²) in [4.78, 5) is 16.7. The zero-order chi connectivity index (χ0) is 22.1. The molecule has 9 heteroatoms. The van der Waals surface area contributed by atoms with E-state index < -0.39 is 5.91 Å². The molecule has 156 valence electrons. The fraction of sp³-hybridized carbons (Fsp3) is 0.0455. The summed E-state index contributed by atoms with van der Waals surface area (Å²) in [6.45, 7) is 1.77. The lowest BCUT2D eigenvalue weighted by molar-refractivity contribution is 0.0993. The number of hydrogen-bond donors (Lipinski definition) is 2. The van der Waals surface area contributed by atoms with Crippen molar-refractivity contribution in [2.45, 2.75) is 6.92 Å². The Morgan fingerprint density at radius 2 is 1.65 bits per heavy atom. The highest BCUT2D eigenvalue weighted by Gasteiger charge is 2.20. The minimum absolute atomic E-state index is 0.245. The fourth-order valence-electron chi connectivity index (χ4n) is 3.11. The number of halogens is 3. The van der Waals surface area contributed by atoms with Crippen LogP contribution in [0.4, 0.5) is 0 Å². The van der Waals surface area contributed by atoms with E-state index in [0.29, 0.717) is 37.2 Å². The van der Waals surface area contributed by atoms with Crippen LogP contribution in [0.15, 0.2) is 65.9 Å². The maximum atomic E-state index is 12.7. The van der Waals surface area contributed by atoms with E-state index in [0.717, 1.165) is 15.9 Å². The zero-order valence-electron chi connectivity index (χ0n) is 16.1. The molecule has 1 amide bonds. The number of nitrogens with zero attached hydrogens (tertiary/aromatic N) is 3. The first-order valence-electron chi connectivity index (χ1n) is 9.10. The molecule has 4 aromatic rings. The first kappa shape index (κ1) is 21.2. The second-order valence-electron chi connectivity index (χ2n) is 6.74. The molecule has 0 saturated heterocycles. The quantitative estimate of drug-likeness (QED) is 0.369. The minimum Gasteiger partial charge on any atom is -0.429 e. The smallest absolute Gasteiger partial charge is 0.295 e. The molecule has 2 aromatic carbocycles. The second-order valence-corrected chi connectivity index (χ2v) is 8.00. The van der Waals surface area contributed by atoms with Gasteiger partial charge in [0.2, 0.25) is 0 Å². The summed E-state index contributed by atoms with van der Waals surface area (Å²) < 4.78 is 0.865. The van der Waals surface area contributed by atoms with E-state index >= 15 is 0 Å². The van der Waals surface area contributed by atoms with Crippen molar-refractivity contribution in [2.75, 3.05) is 0 Å². The van der Waals surface area contributed by atoms with E-state index in [9.17, 15) is 10.0 Å². The van der Waals surface area contributed by atoms with Crippen LogP contribution in [0, 0.1) is 6.92 Å². The molecule has 0 aliphatic rings. The molecule has 0 aliphatic heterocycles. The molecule has 2 heterocycles. The Labute approximate surface area is 192 Å². The third kappa shape index (κ3) is 4.37. The van der Waals surface area contributed by atoms with Crippen LogP contribution >= 0.6 is 34.8 Å². The van der Waals surface area contributed by atoms with Crippen molar-refractivity contribution >= 4 is 40.7 Å². The molecule has 6 nitrogen and oxygen atoms in total. The van der Waals surface area contributed by atoms with Gasteiger partial charge >= 0.3 is 0 Å². The number of benzene rings is 2. The molecule has 0 bridgehead atoms. The number of carbonyl (C=O) groups excluding carboxylic acids is 1. The van der Waals surface area contributed by atoms with E-state index in [2.05, 4.69) is 15.2 Å². The van der Waals surface area contributed by atoms with Gasteiger partial charge in [0.1, 0.15) is 5.69 Å². The molecule has 4 rings (SSSR count). The summed E-state index contributed by atoms with van der Waals surface area (Å²) in [5, 5.41) is 18.3. The van der Waals surface area contributed by atoms with Crippen molar-refractivity contribution < 1.29 is 10.0 Å². The van der Waals surface area contributed by atoms with E-state index in [1.165, 1.54) is 24.5 Å². The van der Waals surface area contributed by atoms with Crippen LogP contribution in [-0.2, 0) is 0 Å². The van der Waals surface area contributed by atoms with Crippen molar-refractivity contribution in [3.63, 3.8) is 0 Å². The van der Waals surface area contributed by atoms with E-state index in [-0.39, 0.29) is 5.69 Å². The average Bonchev–Trinajstić information content (AvgIpc) is 3.12. The largest absolute Gasteiger partial charge is 0.429 e. The molecular formula is C22H15Cl3N4O2. The van der Waals surface area contributed by atoms with Crippen LogP contribution in [0.5, 0.6) is 0 Å². The average molecular weight is 474 g/mol. The zero-order valence-corrected chi connectivity index (χ0v) is 18.4. The first-order valence-corrected chi connectivity index (χ1v) is 10.2. The van der Waals surface area contributed by atoms with Gasteiger partial charge in [-0.25, -0.2) is 9.72 Å². The minimum atomic E-state index is -0.491. The van der Waals surface area contributed by atoms with Crippen LogP contribution in [0.25, 0.3) is 22.4 Å². The topological polar surface area (TPSA) is 83.3 Å². The normalized spacial score (nSPS) is 10.8. The predicted octanol–water partition coefficient (Wildman–Crippen LogP) is 5.79. The van der Waals surface area contributed by atoms with E-state index in [4.69, 9.17) is 34.8 Å². The highest BCUT2D eigenvalue weighted by Crippen LogP contribution is 2.38. The van der Waals surface area contributed by atoms with Crippen molar-refractivity contribution in [3.8, 4) is 22.4 Å². The number of hydrogen-bond acceptors (Lipinski definition) is 3. The fourth-order valence-corrected chi connectivity index (χ4v) is 3.82. The van der Waals surface area contributed by atoms with Gasteiger partial charge in [0, 0.05) is 39.1 Å². The van der Waals surface area contributed by atoms with Crippen molar-refractivity contribution in [1.29, 1.82) is 0 Å². The van der Waals surface area contributed by atoms with Crippen LogP contribution < -0.4 is 5.36 Å². The van der Waals surface area contributed by atoms with Gasteiger partial charge in [-0.3, -0.25) is 9.89 Å². The Balaban J connectivity index is 1.76. The maximum Gasteiger partial charge on any atom is 0.295 e. The number of carbonyl (C=O) groups is 1. The first-order chi connectivity index (χ1) is 14.8. The standard InChI is InChI=1S/C22H15Cl3N4O2/c1-12-20(27-28-21(12)22(30)26-15-6-8-29(31)9-7-15)17-10-16(18(24)11-19(17)25)13-2-4-14(23)5-3-13/h2-11,31H,1H3,(H,27,28). The molecule has 0 aliphatic carbocycles. The van der Waals surface area contributed by atoms with Gasteiger partial charge in [-0.15, -0.1) is 0 Å². The third-order valence-electron chi connectivity index (χ3n) is 4.72. The molecule has 0 spiro atoms. The number of nitrogens with one attached hydrogen (secondary N) is 1. The third-order valence-corrected chi connectivity index (χ3v) is 5.59. The van der Waals surface area contributed by atoms with Crippen LogP contribution in [0.2, 0.25) is 15.1 Å². The summed E-state index contributed by atoms with van der Waals surface area (Å²) in [6, 6.07) is 13.8. The molecule has 0 atom stereocenters. The maximum absolute atomic E-state index is 12.7. The Morgan fingerprint density at radius 1 is 1.00 bits per heavy atom. The van der Waals surface area contributed by atoms with Crippen molar-refractivity contribution in [3.05, 3.63) is 92.6 Å². The van der Waals surface area contributed by atoms with Gasteiger partial charge in [-0.1, -0.05) is 46.9 Å². The predicted molar refractivity (Wildman–Crippen MR) is 121 cm³/mol. The van der Waals surface area contributed by atoms with Gasteiger partial charge in [0.25, 0.3) is 5.91 Å². The number of rotatable bonds is 3. The molecule has 2 N–H and O–H groups in total. The van der Waals surface area contributed by atoms with E-state index in [1.807, 2.05) is 18.2 Å².